The monoisotopic (exact) mass is 369 g/mol. The molecule has 27 heavy (non-hydrogen) atoms. The van der Waals surface area contributed by atoms with Crippen LogP contribution < -0.4 is 4.90 Å². The zero-order valence-corrected chi connectivity index (χ0v) is 14.6. The van der Waals surface area contributed by atoms with E-state index < -0.39 is 10.9 Å². The molecule has 8 nitrogen and oxygen atoms in total. The minimum absolute atomic E-state index is 0.0457. The van der Waals surface area contributed by atoms with Gasteiger partial charge in [0.15, 0.2) is 0 Å². The molecular formula is C19H19N3O5. The molecule has 1 fully saturated rings. The summed E-state index contributed by atoms with van der Waals surface area (Å²) >= 11 is 0. The Hall–Kier alpha value is -3.42. The van der Waals surface area contributed by atoms with Crippen molar-refractivity contribution in [1.82, 2.24) is 4.90 Å². The molecule has 8 heteroatoms. The van der Waals surface area contributed by atoms with Crippen molar-refractivity contribution in [1.29, 1.82) is 0 Å². The number of anilines is 1. The molecule has 1 aliphatic rings. The first kappa shape index (κ1) is 18.4. The Labute approximate surface area is 155 Å². The summed E-state index contributed by atoms with van der Waals surface area (Å²) in [6.07, 6.45) is 0.151. The maximum absolute atomic E-state index is 12.5. The number of rotatable bonds is 5. The predicted molar refractivity (Wildman–Crippen MR) is 99.0 cm³/mol. The van der Waals surface area contributed by atoms with Crippen LogP contribution in [0.25, 0.3) is 0 Å². The minimum Gasteiger partial charge on any atom is -0.478 e. The molecule has 0 aliphatic carbocycles. The largest absolute Gasteiger partial charge is 0.478 e. The number of carbonyl (C=O) groups is 2. The maximum atomic E-state index is 12.5. The third-order valence-electron chi connectivity index (χ3n) is 4.57. The molecule has 2 aromatic carbocycles. The molecule has 0 saturated carbocycles. The van der Waals surface area contributed by atoms with Crippen molar-refractivity contribution >= 4 is 23.3 Å². The van der Waals surface area contributed by atoms with Gasteiger partial charge in [-0.3, -0.25) is 14.9 Å². The first-order valence-corrected chi connectivity index (χ1v) is 8.53. The summed E-state index contributed by atoms with van der Waals surface area (Å²) in [6, 6.07) is 12.8. The second-order valence-corrected chi connectivity index (χ2v) is 6.33. The number of hydrogen-bond donors (Lipinski definition) is 1. The standard InChI is InChI=1S/C19H19N3O5/c23-18(12-14-3-1-4-15(11-14)19(24)25)21-9-7-20(8-10-21)16-5-2-6-17(13-16)22(26)27/h1-6,11,13H,7-10,12H2,(H,24,25). The summed E-state index contributed by atoms with van der Waals surface area (Å²) in [4.78, 5) is 37.8. The lowest BCUT2D eigenvalue weighted by molar-refractivity contribution is -0.384. The Bertz CT molecular complexity index is 875. The van der Waals surface area contributed by atoms with E-state index in [9.17, 15) is 19.7 Å². The number of piperazine rings is 1. The zero-order valence-electron chi connectivity index (χ0n) is 14.6. The Morgan fingerprint density at radius 1 is 1.04 bits per heavy atom. The van der Waals surface area contributed by atoms with Crippen molar-refractivity contribution in [3.05, 3.63) is 69.8 Å². The van der Waals surface area contributed by atoms with Crippen molar-refractivity contribution in [2.75, 3.05) is 31.1 Å². The molecule has 0 bridgehead atoms. The summed E-state index contributed by atoms with van der Waals surface area (Å²) < 4.78 is 0. The highest BCUT2D eigenvalue weighted by atomic mass is 16.6. The van der Waals surface area contributed by atoms with Crippen molar-refractivity contribution in [3.63, 3.8) is 0 Å². The molecule has 0 unspecified atom stereocenters. The van der Waals surface area contributed by atoms with E-state index in [1.54, 1.807) is 23.1 Å². The molecule has 0 spiro atoms. The van der Waals surface area contributed by atoms with Gasteiger partial charge in [-0.15, -0.1) is 0 Å². The molecule has 1 saturated heterocycles. The van der Waals surface area contributed by atoms with Crippen molar-refractivity contribution in [2.24, 2.45) is 0 Å². The van der Waals surface area contributed by atoms with Gasteiger partial charge in [0, 0.05) is 44.0 Å². The topological polar surface area (TPSA) is 104 Å². The number of non-ortho nitro benzene ring substituents is 1. The van der Waals surface area contributed by atoms with Crippen LogP contribution >= 0.6 is 0 Å². The molecule has 0 aromatic heterocycles. The van der Waals surface area contributed by atoms with Crippen LogP contribution in [0.4, 0.5) is 11.4 Å². The summed E-state index contributed by atoms with van der Waals surface area (Å²) in [7, 11) is 0. The fraction of sp³-hybridized carbons (Fsp3) is 0.263. The van der Waals surface area contributed by atoms with Gasteiger partial charge in [-0.05, 0) is 23.8 Å². The first-order chi connectivity index (χ1) is 12.9. The molecule has 1 aliphatic heterocycles. The first-order valence-electron chi connectivity index (χ1n) is 8.53. The van der Waals surface area contributed by atoms with Crippen LogP contribution in [0.5, 0.6) is 0 Å². The van der Waals surface area contributed by atoms with E-state index in [1.165, 1.54) is 24.3 Å². The van der Waals surface area contributed by atoms with Crippen LogP contribution in [0.2, 0.25) is 0 Å². The smallest absolute Gasteiger partial charge is 0.335 e. The van der Waals surface area contributed by atoms with Crippen molar-refractivity contribution < 1.29 is 19.6 Å². The van der Waals surface area contributed by atoms with Gasteiger partial charge in [0.2, 0.25) is 5.91 Å². The number of carbonyl (C=O) groups excluding carboxylic acids is 1. The average molecular weight is 369 g/mol. The number of carboxylic acid groups (broad SMARTS) is 1. The normalized spacial score (nSPS) is 14.1. The number of nitro groups is 1. The van der Waals surface area contributed by atoms with Crippen LogP contribution in [-0.4, -0.2) is 53.0 Å². The average Bonchev–Trinajstić information content (AvgIpc) is 2.68. The fourth-order valence-corrected chi connectivity index (χ4v) is 3.12. The molecule has 1 amide bonds. The van der Waals surface area contributed by atoms with Crippen LogP contribution in [0.3, 0.4) is 0 Å². The number of nitrogens with zero attached hydrogens (tertiary/aromatic N) is 3. The second kappa shape index (κ2) is 7.86. The van der Waals surface area contributed by atoms with Gasteiger partial charge in [-0.1, -0.05) is 18.2 Å². The van der Waals surface area contributed by atoms with Gasteiger partial charge in [0.1, 0.15) is 0 Å². The van der Waals surface area contributed by atoms with Crippen LogP contribution in [0, 0.1) is 10.1 Å². The summed E-state index contributed by atoms with van der Waals surface area (Å²) in [5.74, 6) is -1.08. The number of amides is 1. The van der Waals surface area contributed by atoms with E-state index in [4.69, 9.17) is 5.11 Å². The third-order valence-corrected chi connectivity index (χ3v) is 4.57. The number of nitro benzene ring substituents is 1. The Balaban J connectivity index is 1.59. The van der Waals surface area contributed by atoms with E-state index in [0.717, 1.165) is 5.69 Å². The van der Waals surface area contributed by atoms with Gasteiger partial charge < -0.3 is 14.9 Å². The van der Waals surface area contributed by atoms with Gasteiger partial charge in [-0.25, -0.2) is 4.79 Å². The van der Waals surface area contributed by atoms with Gasteiger partial charge in [-0.2, -0.15) is 0 Å². The van der Waals surface area contributed by atoms with Crippen molar-refractivity contribution in [3.8, 4) is 0 Å². The Morgan fingerprint density at radius 2 is 1.74 bits per heavy atom. The van der Waals surface area contributed by atoms with E-state index >= 15 is 0 Å². The zero-order chi connectivity index (χ0) is 19.4. The molecule has 2 aromatic rings. The highest BCUT2D eigenvalue weighted by Crippen LogP contribution is 2.22. The van der Waals surface area contributed by atoms with Gasteiger partial charge in [0.25, 0.3) is 5.69 Å². The Morgan fingerprint density at radius 3 is 2.41 bits per heavy atom. The lowest BCUT2D eigenvalue weighted by Gasteiger charge is -2.36. The maximum Gasteiger partial charge on any atom is 0.335 e. The number of carboxylic acids is 1. The molecule has 3 rings (SSSR count). The highest BCUT2D eigenvalue weighted by Gasteiger charge is 2.22. The molecule has 0 atom stereocenters. The SMILES string of the molecule is O=C(O)c1cccc(CC(=O)N2CCN(c3cccc([N+](=O)[O-])c3)CC2)c1. The lowest BCUT2D eigenvalue weighted by atomic mass is 10.1. The number of aromatic carboxylic acids is 1. The summed E-state index contributed by atoms with van der Waals surface area (Å²) in [5, 5.41) is 20.0. The Kier molecular flexibility index (Phi) is 5.35. The molecule has 0 radical (unpaired) electrons. The molecular weight excluding hydrogens is 350 g/mol. The fourth-order valence-electron chi connectivity index (χ4n) is 3.12. The van der Waals surface area contributed by atoms with E-state index in [0.29, 0.717) is 31.7 Å². The van der Waals surface area contributed by atoms with E-state index in [-0.39, 0.29) is 23.6 Å². The molecule has 1 N–H and O–H groups in total. The summed E-state index contributed by atoms with van der Waals surface area (Å²) in [5.41, 5.74) is 1.64. The highest BCUT2D eigenvalue weighted by molar-refractivity contribution is 5.88. The van der Waals surface area contributed by atoms with Crippen LogP contribution in [0.15, 0.2) is 48.5 Å². The van der Waals surface area contributed by atoms with Crippen LogP contribution in [-0.2, 0) is 11.2 Å². The predicted octanol–water partition coefficient (Wildman–Crippen LogP) is 2.18. The molecule has 140 valence electrons. The molecule has 1 heterocycles. The summed E-state index contributed by atoms with van der Waals surface area (Å²) in [6.45, 7) is 2.20. The van der Waals surface area contributed by atoms with Crippen molar-refractivity contribution in [2.45, 2.75) is 6.42 Å². The van der Waals surface area contributed by atoms with E-state index in [2.05, 4.69) is 0 Å². The second-order valence-electron chi connectivity index (χ2n) is 6.33. The minimum atomic E-state index is -1.02. The third kappa shape index (κ3) is 4.41. The number of benzene rings is 2. The lowest BCUT2D eigenvalue weighted by Crippen LogP contribution is -2.49. The van der Waals surface area contributed by atoms with E-state index in [1.807, 2.05) is 11.0 Å². The number of hydrogen-bond acceptors (Lipinski definition) is 5. The van der Waals surface area contributed by atoms with Gasteiger partial charge in [0.05, 0.1) is 16.9 Å². The van der Waals surface area contributed by atoms with Crippen LogP contribution in [0.1, 0.15) is 15.9 Å². The quantitative estimate of drug-likeness (QED) is 0.640. The van der Waals surface area contributed by atoms with Gasteiger partial charge >= 0.3 is 5.97 Å².